The minimum absolute atomic E-state index is 0.0668. The lowest BCUT2D eigenvalue weighted by molar-refractivity contribution is -0.126. The molecule has 1 heterocycles. The number of nitrogens with zero attached hydrogens (tertiary/aromatic N) is 1. The van der Waals surface area contributed by atoms with E-state index >= 15 is 0 Å². The van der Waals surface area contributed by atoms with Crippen LogP contribution in [0, 0.1) is 0 Å². The average molecular weight is 345 g/mol. The molecular weight excluding hydrogens is 321 g/mol. The van der Waals surface area contributed by atoms with Crippen molar-refractivity contribution in [3.63, 3.8) is 0 Å². The number of nitrogens with one attached hydrogen (secondary N) is 2. The Balaban J connectivity index is 1.84. The van der Waals surface area contributed by atoms with Crippen LogP contribution in [0.15, 0.2) is 43.0 Å². The van der Waals surface area contributed by atoms with E-state index in [2.05, 4.69) is 17.2 Å². The number of benzene rings is 1. The summed E-state index contributed by atoms with van der Waals surface area (Å²) < 4.78 is 0. The molecule has 0 aromatic heterocycles. The molecule has 1 unspecified atom stereocenters. The lowest BCUT2D eigenvalue weighted by Crippen LogP contribution is -2.53. The Kier molecular flexibility index (Phi) is 7.03. The van der Waals surface area contributed by atoms with Crippen molar-refractivity contribution in [1.82, 2.24) is 15.5 Å². The monoisotopic (exact) mass is 345 g/mol. The Morgan fingerprint density at radius 3 is 2.72 bits per heavy atom. The molecule has 1 aromatic carbocycles. The molecule has 4 N–H and O–H groups in total. The Bertz CT molecular complexity index is 597. The third kappa shape index (κ3) is 5.61. The summed E-state index contributed by atoms with van der Waals surface area (Å²) in [5.41, 5.74) is 0.888. The van der Waals surface area contributed by atoms with Crippen LogP contribution in [-0.4, -0.2) is 59.1 Å². The highest BCUT2D eigenvalue weighted by Crippen LogP contribution is 2.16. The molecule has 1 fully saturated rings. The standard InChI is InChI=1S/C17H24BN3O4/c1-2-16(22)21-10-6-9-14(21)12-19-17(23)20-15(18(24)25)11-13-7-4-3-5-8-13/h2-5,7-8,14-15,24-25H,1,6,9-12H2,(H2,19,20,23)/t14-,15?/m1/s1. The molecule has 2 rings (SSSR count). The van der Waals surface area contributed by atoms with Crippen molar-refractivity contribution in [2.24, 2.45) is 0 Å². The van der Waals surface area contributed by atoms with E-state index in [1.54, 1.807) is 4.90 Å². The fourth-order valence-corrected chi connectivity index (χ4v) is 2.98. The summed E-state index contributed by atoms with van der Waals surface area (Å²) in [5.74, 6) is -0.964. The van der Waals surface area contributed by atoms with Crippen molar-refractivity contribution in [2.75, 3.05) is 13.1 Å². The van der Waals surface area contributed by atoms with Gasteiger partial charge in [0.05, 0.1) is 5.94 Å². The van der Waals surface area contributed by atoms with E-state index in [1.807, 2.05) is 30.3 Å². The summed E-state index contributed by atoms with van der Waals surface area (Å²) in [7, 11) is -1.67. The van der Waals surface area contributed by atoms with Gasteiger partial charge in [0.15, 0.2) is 0 Å². The Hall–Kier alpha value is -2.32. The summed E-state index contributed by atoms with van der Waals surface area (Å²) >= 11 is 0. The van der Waals surface area contributed by atoms with E-state index in [0.717, 1.165) is 18.4 Å². The number of carbonyl (C=O) groups is 2. The lowest BCUT2D eigenvalue weighted by Gasteiger charge is -2.24. The Morgan fingerprint density at radius 1 is 1.36 bits per heavy atom. The smallest absolute Gasteiger partial charge is 0.426 e. The van der Waals surface area contributed by atoms with E-state index in [0.29, 0.717) is 19.5 Å². The lowest BCUT2D eigenvalue weighted by atomic mass is 9.76. The number of urea groups is 1. The topological polar surface area (TPSA) is 102 Å². The van der Waals surface area contributed by atoms with Crippen molar-refractivity contribution >= 4 is 19.1 Å². The van der Waals surface area contributed by atoms with Crippen LogP contribution in [0.4, 0.5) is 4.79 Å². The molecule has 0 saturated carbocycles. The SMILES string of the molecule is C=CC(=O)N1CCC[C@@H]1CNC(=O)NC(Cc1ccccc1)B(O)O. The maximum atomic E-state index is 12.1. The van der Waals surface area contributed by atoms with Gasteiger partial charge >= 0.3 is 13.1 Å². The Morgan fingerprint density at radius 2 is 2.08 bits per heavy atom. The number of rotatable bonds is 7. The largest absolute Gasteiger partial charge is 0.475 e. The third-order valence-electron chi connectivity index (χ3n) is 4.31. The number of carbonyl (C=O) groups excluding carboxylic acids is 2. The van der Waals surface area contributed by atoms with E-state index in [9.17, 15) is 19.6 Å². The van der Waals surface area contributed by atoms with Gasteiger partial charge in [-0.25, -0.2) is 4.79 Å². The van der Waals surface area contributed by atoms with Crippen LogP contribution in [0.3, 0.4) is 0 Å². The molecule has 134 valence electrons. The summed E-state index contributed by atoms with van der Waals surface area (Å²) in [6, 6.07) is 8.71. The van der Waals surface area contributed by atoms with Gasteiger partial charge in [-0.15, -0.1) is 0 Å². The summed E-state index contributed by atoms with van der Waals surface area (Å²) in [6.45, 7) is 4.46. The Labute approximate surface area is 147 Å². The van der Waals surface area contributed by atoms with Gasteiger partial charge in [-0.3, -0.25) is 4.79 Å². The second kappa shape index (κ2) is 9.24. The van der Waals surface area contributed by atoms with Crippen molar-refractivity contribution in [2.45, 2.75) is 31.2 Å². The molecule has 8 heteroatoms. The van der Waals surface area contributed by atoms with Gasteiger partial charge in [-0.2, -0.15) is 0 Å². The van der Waals surface area contributed by atoms with Gasteiger partial charge in [0.25, 0.3) is 0 Å². The van der Waals surface area contributed by atoms with Crippen LogP contribution in [-0.2, 0) is 11.2 Å². The average Bonchev–Trinajstić information content (AvgIpc) is 3.08. The summed E-state index contributed by atoms with van der Waals surface area (Å²) in [4.78, 5) is 25.5. The molecule has 2 atom stereocenters. The first kappa shape index (κ1) is 19.0. The van der Waals surface area contributed by atoms with Crippen molar-refractivity contribution in [3.8, 4) is 0 Å². The van der Waals surface area contributed by atoms with Crippen molar-refractivity contribution in [1.29, 1.82) is 0 Å². The zero-order valence-electron chi connectivity index (χ0n) is 14.1. The van der Waals surface area contributed by atoms with Gasteiger partial charge in [0, 0.05) is 19.1 Å². The van der Waals surface area contributed by atoms with E-state index < -0.39 is 19.1 Å². The molecule has 0 spiro atoms. The minimum atomic E-state index is -1.67. The van der Waals surface area contributed by atoms with Crippen LogP contribution in [0.2, 0.25) is 0 Å². The first-order valence-corrected chi connectivity index (χ1v) is 8.38. The third-order valence-corrected chi connectivity index (χ3v) is 4.31. The molecule has 25 heavy (non-hydrogen) atoms. The van der Waals surface area contributed by atoms with Crippen molar-refractivity contribution < 1.29 is 19.6 Å². The molecule has 7 nitrogen and oxygen atoms in total. The minimum Gasteiger partial charge on any atom is -0.426 e. The number of amides is 3. The molecular formula is C17H24BN3O4. The van der Waals surface area contributed by atoms with E-state index in [4.69, 9.17) is 0 Å². The van der Waals surface area contributed by atoms with Gasteiger partial charge in [-0.1, -0.05) is 36.9 Å². The quantitative estimate of drug-likeness (QED) is 0.415. The highest BCUT2D eigenvalue weighted by molar-refractivity contribution is 6.43. The highest BCUT2D eigenvalue weighted by atomic mass is 16.4. The number of hydrogen-bond donors (Lipinski definition) is 4. The second-order valence-corrected chi connectivity index (χ2v) is 6.10. The molecule has 3 amide bonds. The van der Waals surface area contributed by atoms with E-state index in [-0.39, 0.29) is 11.9 Å². The molecule has 1 aliphatic rings. The fourth-order valence-electron chi connectivity index (χ4n) is 2.98. The molecule has 1 aliphatic heterocycles. The molecule has 0 aliphatic carbocycles. The molecule has 1 aromatic rings. The zero-order valence-corrected chi connectivity index (χ0v) is 14.1. The summed E-state index contributed by atoms with van der Waals surface area (Å²) in [5, 5.41) is 24.3. The number of hydrogen-bond acceptors (Lipinski definition) is 4. The number of likely N-dealkylation sites (tertiary alicyclic amines) is 1. The predicted molar refractivity (Wildman–Crippen MR) is 95.6 cm³/mol. The van der Waals surface area contributed by atoms with Crippen LogP contribution < -0.4 is 10.6 Å². The highest BCUT2D eigenvalue weighted by Gasteiger charge is 2.29. The molecule has 0 bridgehead atoms. The van der Waals surface area contributed by atoms with Crippen LogP contribution in [0.25, 0.3) is 0 Å². The van der Waals surface area contributed by atoms with Gasteiger partial charge in [0.2, 0.25) is 5.91 Å². The molecule has 0 radical (unpaired) electrons. The maximum Gasteiger partial charge on any atom is 0.475 e. The van der Waals surface area contributed by atoms with E-state index in [1.165, 1.54) is 6.08 Å². The first-order chi connectivity index (χ1) is 12.0. The second-order valence-electron chi connectivity index (χ2n) is 6.10. The summed E-state index contributed by atoms with van der Waals surface area (Å²) in [6.07, 6.45) is 3.28. The zero-order chi connectivity index (χ0) is 18.2. The first-order valence-electron chi connectivity index (χ1n) is 8.38. The predicted octanol–water partition coefficient (Wildman–Crippen LogP) is 0.0859. The molecule has 1 saturated heterocycles. The normalized spacial score (nSPS) is 17.7. The van der Waals surface area contributed by atoms with Crippen molar-refractivity contribution in [3.05, 3.63) is 48.6 Å². The maximum absolute atomic E-state index is 12.1. The fraction of sp³-hybridized carbons (Fsp3) is 0.412. The van der Waals surface area contributed by atoms with Gasteiger partial charge in [-0.05, 0) is 30.9 Å². The van der Waals surface area contributed by atoms with Gasteiger partial charge < -0.3 is 25.6 Å². The van der Waals surface area contributed by atoms with Gasteiger partial charge in [0.1, 0.15) is 0 Å². The van der Waals surface area contributed by atoms with Crippen LogP contribution in [0.1, 0.15) is 18.4 Å². The van der Waals surface area contributed by atoms with Crippen LogP contribution in [0.5, 0.6) is 0 Å². The van der Waals surface area contributed by atoms with Crippen LogP contribution >= 0.6 is 0 Å².